The van der Waals surface area contributed by atoms with Crippen molar-refractivity contribution in [3.63, 3.8) is 0 Å². The number of alkyl halides is 3. The van der Waals surface area contributed by atoms with Gasteiger partial charge < -0.3 is 10.4 Å². The van der Waals surface area contributed by atoms with Crippen LogP contribution in [0, 0.1) is 0 Å². The van der Waals surface area contributed by atoms with Crippen LogP contribution in [0.15, 0.2) is 24.3 Å². The number of aliphatic hydroxyl groups is 1. The molecular weight excluding hydrogens is 318 g/mol. The van der Waals surface area contributed by atoms with E-state index in [-0.39, 0.29) is 0 Å². The number of halogens is 5. The minimum atomic E-state index is -4.77. The fourth-order valence-corrected chi connectivity index (χ4v) is 1.72. The lowest BCUT2D eigenvalue weighted by Gasteiger charge is -2.14. The lowest BCUT2D eigenvalue weighted by atomic mass is 10.2. The molecule has 0 fully saturated rings. The van der Waals surface area contributed by atoms with Crippen molar-refractivity contribution in [2.75, 3.05) is 6.54 Å². The predicted molar refractivity (Wildman–Crippen MR) is 70.6 cm³/mol. The Kier molecular flexibility index (Phi) is 5.86. The topological polar surface area (TPSA) is 49.3 Å². The molecule has 1 rings (SSSR count). The number of carbonyl (C=O) groups excluding carboxylic acids is 1. The molecule has 1 amide bonds. The van der Waals surface area contributed by atoms with Gasteiger partial charge in [-0.3, -0.25) is 4.79 Å². The first-order valence-electron chi connectivity index (χ1n) is 5.36. The third kappa shape index (κ3) is 5.03. The van der Waals surface area contributed by atoms with Crippen LogP contribution in [0.4, 0.5) is 13.2 Å². The molecule has 3 nitrogen and oxygen atoms in total. The molecule has 0 saturated heterocycles. The van der Waals surface area contributed by atoms with Crippen LogP contribution >= 0.6 is 23.2 Å². The smallest absolute Gasteiger partial charge is 0.382 e. The molecule has 0 aliphatic rings. The monoisotopic (exact) mass is 327 g/mol. The summed E-state index contributed by atoms with van der Waals surface area (Å²) in [5.41, 5.74) is 0.377. The van der Waals surface area contributed by atoms with Gasteiger partial charge in [0.1, 0.15) is 0 Å². The summed E-state index contributed by atoms with van der Waals surface area (Å²) in [5, 5.41) is 11.2. The second kappa shape index (κ2) is 6.97. The first-order valence-corrected chi connectivity index (χ1v) is 6.12. The van der Waals surface area contributed by atoms with Gasteiger partial charge in [0, 0.05) is 21.7 Å². The number of hydrogen-bond acceptors (Lipinski definition) is 2. The Morgan fingerprint density at radius 3 is 2.40 bits per heavy atom. The second-order valence-electron chi connectivity index (χ2n) is 3.77. The van der Waals surface area contributed by atoms with Crippen LogP contribution < -0.4 is 5.32 Å². The molecule has 0 radical (unpaired) electrons. The number of rotatable bonds is 4. The molecule has 8 heteroatoms. The SMILES string of the molecule is O=C(/C=C/c1c(Cl)cccc1Cl)NCC(O)C(F)(F)F. The Morgan fingerprint density at radius 1 is 1.35 bits per heavy atom. The second-order valence-corrected chi connectivity index (χ2v) is 4.59. The van der Waals surface area contributed by atoms with Gasteiger partial charge in [0.05, 0.1) is 6.54 Å². The van der Waals surface area contributed by atoms with Crippen molar-refractivity contribution in [3.05, 3.63) is 39.9 Å². The molecule has 0 heterocycles. The molecule has 1 aromatic rings. The van der Waals surface area contributed by atoms with Crippen LogP contribution in [0.2, 0.25) is 10.0 Å². The van der Waals surface area contributed by atoms with E-state index in [1.807, 2.05) is 5.32 Å². The fraction of sp³-hybridized carbons (Fsp3) is 0.250. The van der Waals surface area contributed by atoms with E-state index >= 15 is 0 Å². The van der Waals surface area contributed by atoms with E-state index in [4.69, 9.17) is 28.3 Å². The fourth-order valence-electron chi connectivity index (χ4n) is 1.20. The molecule has 0 aliphatic carbocycles. The van der Waals surface area contributed by atoms with E-state index in [9.17, 15) is 18.0 Å². The van der Waals surface area contributed by atoms with Crippen molar-refractivity contribution in [3.8, 4) is 0 Å². The van der Waals surface area contributed by atoms with Gasteiger partial charge in [-0.25, -0.2) is 0 Å². The quantitative estimate of drug-likeness (QED) is 0.835. The highest BCUT2D eigenvalue weighted by atomic mass is 35.5. The molecule has 20 heavy (non-hydrogen) atoms. The van der Waals surface area contributed by atoms with Crippen molar-refractivity contribution in [2.24, 2.45) is 0 Å². The third-order valence-corrected chi connectivity index (χ3v) is 2.91. The number of hydrogen-bond donors (Lipinski definition) is 2. The summed E-state index contributed by atoms with van der Waals surface area (Å²) in [6, 6.07) is 4.72. The van der Waals surface area contributed by atoms with Crippen LogP contribution in [0.3, 0.4) is 0 Å². The van der Waals surface area contributed by atoms with Crippen LogP contribution in [0.1, 0.15) is 5.56 Å². The molecule has 0 aliphatic heterocycles. The Morgan fingerprint density at radius 2 is 1.90 bits per heavy atom. The largest absolute Gasteiger partial charge is 0.416 e. The van der Waals surface area contributed by atoms with Crippen molar-refractivity contribution in [2.45, 2.75) is 12.3 Å². The van der Waals surface area contributed by atoms with E-state index in [1.54, 1.807) is 18.2 Å². The standard InChI is InChI=1S/C12H10Cl2F3NO2/c13-8-2-1-3-9(14)7(8)4-5-11(20)18-6-10(19)12(15,16)17/h1-5,10,19H,6H2,(H,18,20)/b5-4+. The molecule has 0 bridgehead atoms. The summed E-state index contributed by atoms with van der Waals surface area (Å²) in [4.78, 5) is 11.3. The Bertz CT molecular complexity index is 498. The first-order chi connectivity index (χ1) is 9.21. The molecule has 1 unspecified atom stereocenters. The van der Waals surface area contributed by atoms with E-state index in [1.165, 1.54) is 6.08 Å². The van der Waals surface area contributed by atoms with Crippen molar-refractivity contribution < 1.29 is 23.1 Å². The van der Waals surface area contributed by atoms with Gasteiger partial charge in [-0.1, -0.05) is 29.3 Å². The molecule has 0 spiro atoms. The Labute approximate surface area is 123 Å². The third-order valence-electron chi connectivity index (χ3n) is 2.25. The summed E-state index contributed by atoms with van der Waals surface area (Å²) >= 11 is 11.7. The van der Waals surface area contributed by atoms with Gasteiger partial charge >= 0.3 is 6.18 Å². The molecule has 1 aromatic carbocycles. The number of carbonyl (C=O) groups is 1. The highest BCUT2D eigenvalue weighted by Crippen LogP contribution is 2.25. The molecule has 0 aromatic heterocycles. The van der Waals surface area contributed by atoms with E-state index in [2.05, 4.69) is 0 Å². The van der Waals surface area contributed by atoms with E-state index in [0.717, 1.165) is 6.08 Å². The van der Waals surface area contributed by atoms with E-state index < -0.39 is 24.7 Å². The van der Waals surface area contributed by atoms with Gasteiger partial charge in [0.15, 0.2) is 6.10 Å². The average Bonchev–Trinajstić information content (AvgIpc) is 2.34. The van der Waals surface area contributed by atoms with Crippen LogP contribution in [-0.4, -0.2) is 29.8 Å². The van der Waals surface area contributed by atoms with Crippen LogP contribution in [0.25, 0.3) is 6.08 Å². The number of benzene rings is 1. The van der Waals surface area contributed by atoms with Crippen LogP contribution in [0.5, 0.6) is 0 Å². The Hall–Kier alpha value is -1.24. The van der Waals surface area contributed by atoms with Crippen molar-refractivity contribution >= 4 is 35.2 Å². The van der Waals surface area contributed by atoms with Gasteiger partial charge in [0.2, 0.25) is 5.91 Å². The van der Waals surface area contributed by atoms with Crippen molar-refractivity contribution in [1.82, 2.24) is 5.32 Å². The molecule has 2 N–H and O–H groups in total. The number of nitrogens with one attached hydrogen (secondary N) is 1. The normalized spacial score (nSPS) is 13.5. The highest BCUT2D eigenvalue weighted by molar-refractivity contribution is 6.37. The minimum Gasteiger partial charge on any atom is -0.382 e. The zero-order chi connectivity index (χ0) is 15.3. The Balaban J connectivity index is 2.61. The van der Waals surface area contributed by atoms with Gasteiger partial charge in [-0.15, -0.1) is 0 Å². The maximum Gasteiger partial charge on any atom is 0.416 e. The predicted octanol–water partition coefficient (Wildman–Crippen LogP) is 3.05. The van der Waals surface area contributed by atoms with Crippen LogP contribution in [-0.2, 0) is 4.79 Å². The van der Waals surface area contributed by atoms with Crippen molar-refractivity contribution in [1.29, 1.82) is 0 Å². The summed E-state index contributed by atoms with van der Waals surface area (Å²) in [6.45, 7) is -0.928. The summed E-state index contributed by atoms with van der Waals surface area (Å²) in [5.74, 6) is -0.802. The van der Waals surface area contributed by atoms with Gasteiger partial charge in [-0.2, -0.15) is 13.2 Å². The summed E-state index contributed by atoms with van der Waals surface area (Å²) < 4.78 is 36.0. The first kappa shape index (κ1) is 16.8. The summed E-state index contributed by atoms with van der Waals surface area (Å²) in [7, 11) is 0. The molecular formula is C12H10Cl2F3NO2. The average molecular weight is 328 g/mol. The molecule has 110 valence electrons. The maximum absolute atomic E-state index is 12.0. The van der Waals surface area contributed by atoms with Gasteiger partial charge in [0.25, 0.3) is 0 Å². The maximum atomic E-state index is 12.0. The number of aliphatic hydroxyl groups excluding tert-OH is 1. The highest BCUT2D eigenvalue weighted by Gasteiger charge is 2.38. The lowest BCUT2D eigenvalue weighted by Crippen LogP contribution is -2.40. The van der Waals surface area contributed by atoms with Gasteiger partial charge in [-0.05, 0) is 18.2 Å². The zero-order valence-electron chi connectivity index (χ0n) is 9.92. The number of amides is 1. The summed E-state index contributed by atoms with van der Waals surface area (Å²) in [6.07, 6.45) is -5.12. The zero-order valence-corrected chi connectivity index (χ0v) is 11.4. The minimum absolute atomic E-state index is 0.303. The lowest BCUT2D eigenvalue weighted by molar-refractivity contribution is -0.201. The molecule has 1 atom stereocenters. The molecule has 0 saturated carbocycles. The van der Waals surface area contributed by atoms with E-state index in [0.29, 0.717) is 15.6 Å².